The molecule has 2 unspecified atom stereocenters. The monoisotopic (exact) mass is 578 g/mol. The number of aromatic nitrogens is 4. The molecule has 3 fully saturated rings. The predicted octanol–water partition coefficient (Wildman–Crippen LogP) is 3.60. The number of nitrogens with zero attached hydrogens (tertiary/aromatic N) is 6. The summed E-state index contributed by atoms with van der Waals surface area (Å²) in [6, 6.07) is 4.15. The standard InChI is InChI=1S/C25H32Cl2N8O2S/c1-15-12-34(13-16(2)30-15)21-8-18(38(36,37)32-25(3)5-6-25)9-22-19(21)10-29-35(22)17-4-7-33(14-17)23-20(26)11-28-24(27)31-23/h8-11,15-17,30,32H,4-7,12-14H2,1-3H3/t15-,16?,17?/m1/s1. The van der Waals surface area contributed by atoms with E-state index >= 15 is 0 Å². The van der Waals surface area contributed by atoms with Crippen LogP contribution < -0.4 is 19.8 Å². The van der Waals surface area contributed by atoms with E-state index in [0.29, 0.717) is 17.4 Å². The van der Waals surface area contributed by atoms with Crippen LogP contribution in [-0.4, -0.2) is 72.0 Å². The summed E-state index contributed by atoms with van der Waals surface area (Å²) in [5.74, 6) is 0.597. The molecule has 6 rings (SSSR count). The molecule has 0 bridgehead atoms. The van der Waals surface area contributed by atoms with E-state index in [1.54, 1.807) is 6.07 Å². The lowest BCUT2D eigenvalue weighted by Crippen LogP contribution is -2.54. The summed E-state index contributed by atoms with van der Waals surface area (Å²) >= 11 is 12.4. The van der Waals surface area contributed by atoms with Crippen molar-refractivity contribution in [2.75, 3.05) is 36.0 Å². The molecular weight excluding hydrogens is 547 g/mol. The Balaban J connectivity index is 1.41. The van der Waals surface area contributed by atoms with Gasteiger partial charge in [0.2, 0.25) is 15.3 Å². The Hall–Kier alpha value is -2.18. The minimum atomic E-state index is -3.71. The molecule has 0 amide bonds. The Morgan fingerprint density at radius 1 is 1.08 bits per heavy atom. The van der Waals surface area contributed by atoms with E-state index in [4.69, 9.17) is 28.3 Å². The second kappa shape index (κ2) is 9.48. The summed E-state index contributed by atoms with van der Waals surface area (Å²) in [5.41, 5.74) is 1.34. The van der Waals surface area contributed by atoms with Crippen molar-refractivity contribution in [2.45, 2.75) is 68.6 Å². The lowest BCUT2D eigenvalue weighted by atomic mass is 10.1. The highest BCUT2D eigenvalue weighted by molar-refractivity contribution is 7.89. The fraction of sp³-hybridized carbons (Fsp3) is 0.560. The molecule has 0 radical (unpaired) electrons. The van der Waals surface area contributed by atoms with Crippen molar-refractivity contribution in [3.8, 4) is 0 Å². The van der Waals surface area contributed by atoms with E-state index in [1.165, 1.54) is 6.20 Å². The minimum absolute atomic E-state index is 0.0119. The van der Waals surface area contributed by atoms with Crippen molar-refractivity contribution in [1.29, 1.82) is 0 Å². The highest BCUT2D eigenvalue weighted by Gasteiger charge is 2.41. The summed E-state index contributed by atoms with van der Waals surface area (Å²) in [6.07, 6.45) is 5.87. The van der Waals surface area contributed by atoms with Gasteiger partial charge >= 0.3 is 0 Å². The van der Waals surface area contributed by atoms with Gasteiger partial charge < -0.3 is 15.1 Å². The van der Waals surface area contributed by atoms with E-state index in [0.717, 1.165) is 55.5 Å². The number of halogens is 2. The Morgan fingerprint density at radius 2 is 1.82 bits per heavy atom. The summed E-state index contributed by atoms with van der Waals surface area (Å²) in [5, 5.41) is 9.89. The zero-order valence-electron chi connectivity index (χ0n) is 21.7. The van der Waals surface area contributed by atoms with Crippen molar-refractivity contribution < 1.29 is 8.42 Å². The number of nitrogens with one attached hydrogen (secondary N) is 2. The van der Waals surface area contributed by atoms with E-state index in [2.05, 4.69) is 43.7 Å². The van der Waals surface area contributed by atoms with Gasteiger partial charge in [-0.3, -0.25) is 4.68 Å². The van der Waals surface area contributed by atoms with Gasteiger partial charge in [0.05, 0.1) is 28.8 Å². The van der Waals surface area contributed by atoms with E-state index in [-0.39, 0.29) is 33.8 Å². The SMILES string of the molecule is CC1CN(c2cc(S(=O)(=O)NC3(C)CC3)cc3c2cnn3C2CCN(c3nc(Cl)ncc3Cl)C2)C[C@@H](C)N1. The molecule has 10 nitrogen and oxygen atoms in total. The van der Waals surface area contributed by atoms with Crippen molar-refractivity contribution >= 4 is 55.6 Å². The van der Waals surface area contributed by atoms with E-state index in [1.807, 2.05) is 23.9 Å². The average molecular weight is 580 g/mol. The normalized spacial score (nSPS) is 25.3. The van der Waals surface area contributed by atoms with Gasteiger partial charge in [0.15, 0.2) is 5.82 Å². The van der Waals surface area contributed by atoms with Crippen LogP contribution in [0, 0.1) is 0 Å². The maximum Gasteiger partial charge on any atom is 0.241 e. The van der Waals surface area contributed by atoms with Gasteiger partial charge in [0, 0.05) is 54.9 Å². The first-order chi connectivity index (χ1) is 18.0. The highest BCUT2D eigenvalue weighted by Crippen LogP contribution is 2.39. The van der Waals surface area contributed by atoms with Crippen LogP contribution in [0.25, 0.3) is 10.9 Å². The molecule has 1 saturated carbocycles. The number of fused-ring (bicyclic) bond motifs is 1. The van der Waals surface area contributed by atoms with Gasteiger partial charge in [0.25, 0.3) is 0 Å². The molecule has 2 aliphatic heterocycles. The van der Waals surface area contributed by atoms with Crippen LogP contribution in [0.4, 0.5) is 11.5 Å². The lowest BCUT2D eigenvalue weighted by Gasteiger charge is -2.38. The smallest absolute Gasteiger partial charge is 0.241 e. The molecule has 2 N–H and O–H groups in total. The topological polar surface area (TPSA) is 108 Å². The molecule has 1 aromatic carbocycles. The van der Waals surface area contributed by atoms with Gasteiger partial charge in [0.1, 0.15) is 5.02 Å². The van der Waals surface area contributed by atoms with Crippen LogP contribution in [-0.2, 0) is 10.0 Å². The summed E-state index contributed by atoms with van der Waals surface area (Å²) in [4.78, 5) is 12.9. The van der Waals surface area contributed by atoms with Gasteiger partial charge in [-0.05, 0) is 63.8 Å². The molecule has 204 valence electrons. The molecule has 3 aliphatic rings. The minimum Gasteiger partial charge on any atom is -0.368 e. The molecule has 3 aromatic rings. The maximum atomic E-state index is 13.5. The first-order valence-electron chi connectivity index (χ1n) is 13.0. The number of sulfonamides is 1. The van der Waals surface area contributed by atoms with Gasteiger partial charge in [-0.2, -0.15) is 10.1 Å². The third kappa shape index (κ3) is 4.95. The summed E-state index contributed by atoms with van der Waals surface area (Å²) in [7, 11) is -3.71. The Morgan fingerprint density at radius 3 is 2.53 bits per heavy atom. The van der Waals surface area contributed by atoms with Crippen LogP contribution in [0.15, 0.2) is 29.4 Å². The Bertz CT molecular complexity index is 1480. The quantitative estimate of drug-likeness (QED) is 0.427. The second-order valence-corrected chi connectivity index (χ2v) is 13.6. The second-order valence-electron chi connectivity index (χ2n) is 11.2. The van der Waals surface area contributed by atoms with Crippen LogP contribution in [0.5, 0.6) is 0 Å². The summed E-state index contributed by atoms with van der Waals surface area (Å²) < 4.78 is 31.9. The lowest BCUT2D eigenvalue weighted by molar-refractivity contribution is 0.407. The molecular formula is C25H32Cl2N8O2S. The van der Waals surface area contributed by atoms with Crippen molar-refractivity contribution in [3.05, 3.63) is 34.8 Å². The fourth-order valence-corrected chi connectivity index (χ4v) is 7.54. The molecule has 13 heteroatoms. The molecule has 38 heavy (non-hydrogen) atoms. The third-order valence-corrected chi connectivity index (χ3v) is 9.83. The Labute approximate surface area is 232 Å². The number of piperazine rings is 1. The Kier molecular flexibility index (Phi) is 6.50. The molecule has 0 spiro atoms. The highest BCUT2D eigenvalue weighted by atomic mass is 35.5. The van der Waals surface area contributed by atoms with E-state index in [9.17, 15) is 8.42 Å². The van der Waals surface area contributed by atoms with Crippen molar-refractivity contribution in [1.82, 2.24) is 29.8 Å². The van der Waals surface area contributed by atoms with E-state index < -0.39 is 10.0 Å². The number of anilines is 2. The number of hydrogen-bond acceptors (Lipinski definition) is 8. The maximum absolute atomic E-state index is 13.5. The van der Waals surface area contributed by atoms with Crippen LogP contribution in [0.1, 0.15) is 46.1 Å². The number of rotatable bonds is 6. The third-order valence-electron chi connectivity index (χ3n) is 7.76. The molecule has 4 heterocycles. The fourth-order valence-electron chi connectivity index (χ4n) is 5.70. The summed E-state index contributed by atoms with van der Waals surface area (Å²) in [6.45, 7) is 9.15. The molecule has 2 saturated heterocycles. The van der Waals surface area contributed by atoms with Gasteiger partial charge in [-0.15, -0.1) is 0 Å². The number of benzene rings is 1. The molecule has 2 aromatic heterocycles. The largest absolute Gasteiger partial charge is 0.368 e. The van der Waals surface area contributed by atoms with Crippen LogP contribution >= 0.6 is 23.2 Å². The van der Waals surface area contributed by atoms with Gasteiger partial charge in [-0.1, -0.05) is 11.6 Å². The average Bonchev–Trinajstić information content (AvgIpc) is 3.22. The van der Waals surface area contributed by atoms with Gasteiger partial charge in [-0.25, -0.2) is 18.1 Å². The predicted molar refractivity (Wildman–Crippen MR) is 150 cm³/mol. The first-order valence-corrected chi connectivity index (χ1v) is 15.2. The zero-order valence-corrected chi connectivity index (χ0v) is 24.0. The number of hydrogen-bond donors (Lipinski definition) is 2. The van der Waals surface area contributed by atoms with Crippen molar-refractivity contribution in [2.24, 2.45) is 0 Å². The van der Waals surface area contributed by atoms with Crippen molar-refractivity contribution in [3.63, 3.8) is 0 Å². The molecule has 3 atom stereocenters. The van der Waals surface area contributed by atoms with Crippen LogP contribution in [0.3, 0.4) is 0 Å². The van der Waals surface area contributed by atoms with Crippen LogP contribution in [0.2, 0.25) is 10.3 Å². The molecule has 1 aliphatic carbocycles. The first kappa shape index (κ1) is 26.1. The zero-order chi connectivity index (χ0) is 26.8.